The van der Waals surface area contributed by atoms with Crippen molar-refractivity contribution in [2.24, 2.45) is 5.73 Å². The van der Waals surface area contributed by atoms with Gasteiger partial charge in [0.05, 0.1) is 4.47 Å². The van der Waals surface area contributed by atoms with Crippen LogP contribution in [0.25, 0.3) is 5.69 Å². The molecule has 1 aromatic heterocycles. The van der Waals surface area contributed by atoms with Crippen LogP contribution in [-0.4, -0.2) is 19.8 Å². The Balaban J connectivity index is 2.62. The Labute approximate surface area is 130 Å². The maximum atomic E-state index is 14.5. The third-order valence-electron chi connectivity index (χ3n) is 2.91. The lowest BCUT2D eigenvalue weighted by Gasteiger charge is -2.10. The Morgan fingerprint density at radius 2 is 2.10 bits per heavy atom. The third-order valence-corrected chi connectivity index (χ3v) is 3.90. The fourth-order valence-electron chi connectivity index (χ4n) is 1.86. The lowest BCUT2D eigenvalue weighted by atomic mass is 10.2. The molecule has 0 unspecified atom stereocenters. The van der Waals surface area contributed by atoms with Crippen molar-refractivity contribution in [2.45, 2.75) is 26.7 Å². The highest BCUT2D eigenvalue weighted by Gasteiger charge is 2.17. The summed E-state index contributed by atoms with van der Waals surface area (Å²) in [5.41, 5.74) is 6.36. The predicted molar refractivity (Wildman–Crippen MR) is 83.7 cm³/mol. The van der Waals surface area contributed by atoms with E-state index in [0.29, 0.717) is 29.9 Å². The molecule has 1 aromatic carbocycles. The molecule has 1 heterocycles. The van der Waals surface area contributed by atoms with Crippen molar-refractivity contribution in [3.63, 3.8) is 0 Å². The van der Waals surface area contributed by atoms with Gasteiger partial charge in [0, 0.05) is 18.4 Å². The van der Waals surface area contributed by atoms with E-state index in [1.54, 1.807) is 12.1 Å². The van der Waals surface area contributed by atoms with Gasteiger partial charge in [0.1, 0.15) is 16.5 Å². The number of aromatic nitrogens is 3. The van der Waals surface area contributed by atoms with Gasteiger partial charge in [0.15, 0.2) is 11.6 Å². The number of aryl methyl sites for hydroxylation is 2. The molecule has 20 heavy (non-hydrogen) atoms. The molecule has 0 amide bonds. The van der Waals surface area contributed by atoms with Crippen molar-refractivity contribution < 1.29 is 4.39 Å². The molecule has 0 radical (unpaired) electrons. The molecule has 0 saturated heterocycles. The van der Waals surface area contributed by atoms with Crippen LogP contribution in [0, 0.1) is 5.82 Å². The third kappa shape index (κ3) is 2.60. The molecule has 2 N–H and O–H groups in total. The molecule has 0 fully saturated rings. The number of nitrogens with two attached hydrogens (primary N) is 1. The van der Waals surface area contributed by atoms with Gasteiger partial charge in [-0.3, -0.25) is 0 Å². The highest BCUT2D eigenvalue weighted by molar-refractivity contribution is 9.10. The van der Waals surface area contributed by atoms with E-state index >= 15 is 0 Å². The Morgan fingerprint density at radius 3 is 2.65 bits per heavy atom. The summed E-state index contributed by atoms with van der Waals surface area (Å²) in [6, 6.07) is 3.29. The second-order valence-corrected chi connectivity index (χ2v) is 5.42. The quantitative estimate of drug-likeness (QED) is 0.855. The predicted octanol–water partition coefficient (Wildman–Crippen LogP) is 2.93. The van der Waals surface area contributed by atoms with Gasteiger partial charge < -0.3 is 5.73 Å². The molecule has 7 heteroatoms. The summed E-state index contributed by atoms with van der Waals surface area (Å²) >= 11 is 8.08. The first-order chi connectivity index (χ1) is 9.49. The first kappa shape index (κ1) is 15.1. The molecule has 0 spiro atoms. The molecule has 0 bridgehead atoms. The lowest BCUT2D eigenvalue weighted by molar-refractivity contribution is 0.599. The van der Waals surface area contributed by atoms with Crippen LogP contribution in [0.5, 0.6) is 0 Å². The van der Waals surface area contributed by atoms with Crippen molar-refractivity contribution in [3.05, 3.63) is 39.6 Å². The van der Waals surface area contributed by atoms with Crippen molar-refractivity contribution in [2.75, 3.05) is 0 Å². The zero-order valence-electron chi connectivity index (χ0n) is 11.2. The van der Waals surface area contributed by atoms with Crippen molar-refractivity contribution in [1.29, 1.82) is 0 Å². The van der Waals surface area contributed by atoms with Crippen LogP contribution in [0.15, 0.2) is 16.6 Å². The average Bonchev–Trinajstić information content (AvgIpc) is 2.84. The first-order valence-electron chi connectivity index (χ1n) is 6.22. The Bertz CT molecular complexity index is 669. The summed E-state index contributed by atoms with van der Waals surface area (Å²) in [5, 5.41) is 4.33. The monoisotopic (exact) mass is 356 g/mol. The van der Waals surface area contributed by atoms with E-state index in [1.807, 2.05) is 13.8 Å². The molecular weight excluding hydrogens is 343 g/mol. The van der Waals surface area contributed by atoms with E-state index in [0.717, 1.165) is 5.82 Å². The van der Waals surface area contributed by atoms with Gasteiger partial charge in [-0.2, -0.15) is 5.10 Å². The molecule has 2 aromatic rings. The number of hydrogen-bond donors (Lipinski definition) is 1. The summed E-state index contributed by atoms with van der Waals surface area (Å²) in [7, 11) is 0. The maximum absolute atomic E-state index is 14.5. The molecular formula is C13H14BrFN4S. The number of rotatable bonds is 4. The van der Waals surface area contributed by atoms with E-state index in [-0.39, 0.29) is 9.46 Å². The fraction of sp³-hybridized carbons (Fsp3) is 0.308. The second-order valence-electron chi connectivity index (χ2n) is 4.19. The van der Waals surface area contributed by atoms with E-state index in [2.05, 4.69) is 26.0 Å². The molecule has 0 aliphatic rings. The summed E-state index contributed by atoms with van der Waals surface area (Å²) in [5.74, 6) is 0.962. The molecule has 0 atom stereocenters. The standard InChI is InChI=1S/C13H14BrFN4S/c1-3-9-17-10(4-2)19(18-9)8-6-5-7(13(16)20)11(14)12(8)15/h5-6H,3-4H2,1-2H3,(H2,16,20). The highest BCUT2D eigenvalue weighted by atomic mass is 79.9. The van der Waals surface area contributed by atoms with Crippen LogP contribution in [0.1, 0.15) is 31.1 Å². The molecule has 4 nitrogen and oxygen atoms in total. The lowest BCUT2D eigenvalue weighted by Crippen LogP contribution is -2.13. The van der Waals surface area contributed by atoms with E-state index < -0.39 is 5.82 Å². The zero-order chi connectivity index (χ0) is 14.9. The number of thiocarbonyl (C=S) groups is 1. The van der Waals surface area contributed by atoms with Gasteiger partial charge in [-0.25, -0.2) is 14.1 Å². The molecule has 106 valence electrons. The summed E-state index contributed by atoms with van der Waals surface area (Å²) in [6.45, 7) is 3.91. The van der Waals surface area contributed by atoms with E-state index in [9.17, 15) is 4.39 Å². The molecule has 2 rings (SSSR count). The molecule has 0 saturated carbocycles. The van der Waals surface area contributed by atoms with Crippen molar-refractivity contribution in [3.8, 4) is 5.69 Å². The van der Waals surface area contributed by atoms with E-state index in [1.165, 1.54) is 4.68 Å². The fourth-order valence-corrected chi connectivity index (χ4v) is 2.71. The smallest absolute Gasteiger partial charge is 0.163 e. The van der Waals surface area contributed by atoms with Crippen LogP contribution in [-0.2, 0) is 12.8 Å². The first-order valence-corrected chi connectivity index (χ1v) is 7.42. The number of hydrogen-bond acceptors (Lipinski definition) is 3. The average molecular weight is 357 g/mol. The van der Waals surface area contributed by atoms with Crippen LogP contribution in [0.3, 0.4) is 0 Å². The minimum atomic E-state index is -0.447. The van der Waals surface area contributed by atoms with Crippen LogP contribution in [0.4, 0.5) is 4.39 Å². The Morgan fingerprint density at radius 1 is 1.40 bits per heavy atom. The number of benzene rings is 1. The van der Waals surface area contributed by atoms with Gasteiger partial charge in [-0.15, -0.1) is 0 Å². The summed E-state index contributed by atoms with van der Waals surface area (Å²) in [4.78, 5) is 4.52. The van der Waals surface area contributed by atoms with Gasteiger partial charge in [0.2, 0.25) is 0 Å². The topological polar surface area (TPSA) is 56.7 Å². The maximum Gasteiger partial charge on any atom is 0.163 e. The SMILES string of the molecule is CCc1nc(CC)n(-c2ccc(C(N)=S)c(Br)c2F)n1. The molecule has 0 aliphatic carbocycles. The van der Waals surface area contributed by atoms with E-state index in [4.69, 9.17) is 18.0 Å². The number of nitrogens with zero attached hydrogens (tertiary/aromatic N) is 3. The normalized spacial score (nSPS) is 10.8. The zero-order valence-corrected chi connectivity index (χ0v) is 13.6. The summed E-state index contributed by atoms with van der Waals surface area (Å²) < 4.78 is 16.3. The Hall–Kier alpha value is -1.34. The molecule has 0 aliphatic heterocycles. The van der Waals surface area contributed by atoms with Crippen molar-refractivity contribution in [1.82, 2.24) is 14.8 Å². The highest BCUT2D eigenvalue weighted by Crippen LogP contribution is 2.26. The second kappa shape index (κ2) is 5.97. The minimum Gasteiger partial charge on any atom is -0.389 e. The van der Waals surface area contributed by atoms with Gasteiger partial charge >= 0.3 is 0 Å². The van der Waals surface area contributed by atoms with Gasteiger partial charge in [-0.05, 0) is 28.1 Å². The number of halogens is 2. The summed E-state index contributed by atoms with van der Waals surface area (Å²) in [6.07, 6.45) is 1.37. The Kier molecular flexibility index (Phi) is 4.49. The van der Waals surface area contributed by atoms with Crippen LogP contribution < -0.4 is 5.73 Å². The van der Waals surface area contributed by atoms with Gasteiger partial charge in [0.25, 0.3) is 0 Å². The van der Waals surface area contributed by atoms with Crippen LogP contribution >= 0.6 is 28.1 Å². The van der Waals surface area contributed by atoms with Crippen LogP contribution in [0.2, 0.25) is 0 Å². The van der Waals surface area contributed by atoms with Crippen molar-refractivity contribution >= 4 is 33.1 Å². The minimum absolute atomic E-state index is 0.144. The van der Waals surface area contributed by atoms with Gasteiger partial charge in [-0.1, -0.05) is 26.1 Å². The largest absolute Gasteiger partial charge is 0.389 e.